The summed E-state index contributed by atoms with van der Waals surface area (Å²) in [5, 5.41) is 18.8. The molecule has 2 aromatic rings. The molecule has 3 heteroatoms. The fourth-order valence-corrected chi connectivity index (χ4v) is 2.53. The molecule has 90 valence electrons. The summed E-state index contributed by atoms with van der Waals surface area (Å²) in [6.07, 6.45) is 1.76. The van der Waals surface area contributed by atoms with Gasteiger partial charge in [0.15, 0.2) is 0 Å². The third-order valence-electron chi connectivity index (χ3n) is 3.42. The standard InChI is InChI=1S/C15H12O3/c16-14-7-10-6-5-9-3-1-2-4-11(9)12(10)8-13(14)15(17)18/h1-4,7-8,16H,5-6H2,(H,17,18). The number of carboxylic acids is 1. The Morgan fingerprint density at radius 2 is 1.72 bits per heavy atom. The fourth-order valence-electron chi connectivity index (χ4n) is 2.53. The van der Waals surface area contributed by atoms with Crippen LogP contribution in [0.1, 0.15) is 21.5 Å². The highest BCUT2D eigenvalue weighted by molar-refractivity contribution is 5.93. The second kappa shape index (κ2) is 3.88. The van der Waals surface area contributed by atoms with E-state index in [2.05, 4.69) is 6.07 Å². The Kier molecular flexibility index (Phi) is 2.33. The highest BCUT2D eigenvalue weighted by Crippen LogP contribution is 2.36. The minimum atomic E-state index is -1.10. The van der Waals surface area contributed by atoms with Crippen molar-refractivity contribution in [2.24, 2.45) is 0 Å². The Bertz CT molecular complexity index is 644. The molecule has 1 aliphatic carbocycles. The van der Waals surface area contributed by atoms with Gasteiger partial charge in [0.1, 0.15) is 11.3 Å². The maximum Gasteiger partial charge on any atom is 0.339 e. The topological polar surface area (TPSA) is 57.5 Å². The summed E-state index contributed by atoms with van der Waals surface area (Å²) >= 11 is 0. The van der Waals surface area contributed by atoms with E-state index >= 15 is 0 Å². The fraction of sp³-hybridized carbons (Fsp3) is 0.133. The number of rotatable bonds is 1. The van der Waals surface area contributed by atoms with Gasteiger partial charge in [0.05, 0.1) is 0 Å². The Morgan fingerprint density at radius 3 is 2.50 bits per heavy atom. The van der Waals surface area contributed by atoms with Crippen LogP contribution < -0.4 is 0 Å². The van der Waals surface area contributed by atoms with E-state index in [0.717, 1.165) is 29.5 Å². The van der Waals surface area contributed by atoms with Crippen LogP contribution in [0.5, 0.6) is 5.75 Å². The molecule has 0 heterocycles. The number of aromatic carboxylic acids is 1. The van der Waals surface area contributed by atoms with Crippen molar-refractivity contribution in [2.75, 3.05) is 0 Å². The molecule has 2 aromatic carbocycles. The van der Waals surface area contributed by atoms with E-state index < -0.39 is 5.97 Å². The van der Waals surface area contributed by atoms with Crippen molar-refractivity contribution in [1.82, 2.24) is 0 Å². The van der Waals surface area contributed by atoms with Gasteiger partial charge >= 0.3 is 5.97 Å². The lowest BCUT2D eigenvalue weighted by atomic mass is 9.84. The zero-order valence-electron chi connectivity index (χ0n) is 9.68. The third-order valence-corrected chi connectivity index (χ3v) is 3.42. The normalized spacial score (nSPS) is 12.7. The molecule has 0 fully saturated rings. The van der Waals surface area contributed by atoms with Crippen molar-refractivity contribution in [3.8, 4) is 16.9 Å². The molecule has 18 heavy (non-hydrogen) atoms. The molecule has 0 saturated heterocycles. The van der Waals surface area contributed by atoms with Gasteiger partial charge < -0.3 is 10.2 Å². The summed E-state index contributed by atoms with van der Waals surface area (Å²) in [6, 6.07) is 11.1. The number of aryl methyl sites for hydroxylation is 2. The molecule has 0 amide bonds. The monoisotopic (exact) mass is 240 g/mol. The number of hydrogen-bond donors (Lipinski definition) is 2. The number of phenols is 1. The molecule has 3 rings (SSSR count). The van der Waals surface area contributed by atoms with Crippen molar-refractivity contribution in [3.63, 3.8) is 0 Å². The first-order valence-electron chi connectivity index (χ1n) is 5.84. The first kappa shape index (κ1) is 10.8. The van der Waals surface area contributed by atoms with Crippen LogP contribution in [0.4, 0.5) is 0 Å². The lowest BCUT2D eigenvalue weighted by Gasteiger charge is -2.20. The summed E-state index contributed by atoms with van der Waals surface area (Å²) in [5.74, 6) is -1.25. The number of fused-ring (bicyclic) bond motifs is 3. The first-order valence-corrected chi connectivity index (χ1v) is 5.84. The minimum Gasteiger partial charge on any atom is -0.507 e. The van der Waals surface area contributed by atoms with Crippen molar-refractivity contribution in [3.05, 3.63) is 53.1 Å². The van der Waals surface area contributed by atoms with Crippen molar-refractivity contribution >= 4 is 5.97 Å². The molecular weight excluding hydrogens is 228 g/mol. The molecule has 2 N–H and O–H groups in total. The Hall–Kier alpha value is -2.29. The van der Waals surface area contributed by atoms with Gasteiger partial charge in [-0.3, -0.25) is 0 Å². The number of carboxylic acid groups (broad SMARTS) is 1. The Morgan fingerprint density at radius 1 is 1.00 bits per heavy atom. The predicted molar refractivity (Wildman–Crippen MR) is 67.9 cm³/mol. The molecule has 0 aliphatic heterocycles. The van der Waals surface area contributed by atoms with E-state index in [1.165, 1.54) is 5.56 Å². The maximum absolute atomic E-state index is 11.1. The zero-order valence-corrected chi connectivity index (χ0v) is 9.68. The van der Waals surface area contributed by atoms with E-state index in [0.29, 0.717) is 0 Å². The number of carbonyl (C=O) groups is 1. The van der Waals surface area contributed by atoms with Crippen molar-refractivity contribution in [1.29, 1.82) is 0 Å². The van der Waals surface area contributed by atoms with Gasteiger partial charge in [0.25, 0.3) is 0 Å². The minimum absolute atomic E-state index is 0.0366. The van der Waals surface area contributed by atoms with Crippen LogP contribution in [0.25, 0.3) is 11.1 Å². The van der Waals surface area contributed by atoms with E-state index in [-0.39, 0.29) is 11.3 Å². The smallest absolute Gasteiger partial charge is 0.339 e. The van der Waals surface area contributed by atoms with Gasteiger partial charge in [0.2, 0.25) is 0 Å². The molecule has 0 saturated carbocycles. The van der Waals surface area contributed by atoms with E-state index in [9.17, 15) is 9.90 Å². The summed E-state index contributed by atoms with van der Waals surface area (Å²) in [4.78, 5) is 11.1. The molecule has 1 aliphatic rings. The van der Waals surface area contributed by atoms with Crippen LogP contribution in [0.2, 0.25) is 0 Å². The van der Waals surface area contributed by atoms with Gasteiger partial charge in [-0.15, -0.1) is 0 Å². The lowest BCUT2D eigenvalue weighted by Crippen LogP contribution is -2.06. The number of benzene rings is 2. The molecule has 0 unspecified atom stereocenters. The highest BCUT2D eigenvalue weighted by atomic mass is 16.4. The molecule has 3 nitrogen and oxygen atoms in total. The largest absolute Gasteiger partial charge is 0.507 e. The molecule has 0 radical (unpaired) electrons. The Balaban J connectivity index is 2.26. The average Bonchev–Trinajstić information content (AvgIpc) is 2.37. The first-order chi connectivity index (χ1) is 8.66. The third kappa shape index (κ3) is 1.56. The van der Waals surface area contributed by atoms with Crippen LogP contribution in [0, 0.1) is 0 Å². The molecule has 0 bridgehead atoms. The van der Waals surface area contributed by atoms with E-state index in [1.807, 2.05) is 18.2 Å². The van der Waals surface area contributed by atoms with Crippen LogP contribution >= 0.6 is 0 Å². The van der Waals surface area contributed by atoms with Gasteiger partial charge in [0, 0.05) is 0 Å². The molecule has 0 atom stereocenters. The second-order valence-corrected chi connectivity index (χ2v) is 4.49. The summed E-state index contributed by atoms with van der Waals surface area (Å²) in [7, 11) is 0. The average molecular weight is 240 g/mol. The highest BCUT2D eigenvalue weighted by Gasteiger charge is 2.20. The van der Waals surface area contributed by atoms with Gasteiger partial charge in [-0.1, -0.05) is 24.3 Å². The van der Waals surface area contributed by atoms with Crippen LogP contribution in [0.3, 0.4) is 0 Å². The van der Waals surface area contributed by atoms with Gasteiger partial charge in [-0.25, -0.2) is 4.79 Å². The van der Waals surface area contributed by atoms with Crippen molar-refractivity contribution in [2.45, 2.75) is 12.8 Å². The predicted octanol–water partition coefficient (Wildman–Crippen LogP) is 2.86. The SMILES string of the molecule is O=C(O)c1cc2c(cc1O)CCc1ccccc1-2. The van der Waals surface area contributed by atoms with Crippen LogP contribution in [-0.4, -0.2) is 16.2 Å². The zero-order chi connectivity index (χ0) is 12.7. The Labute approximate surface area is 104 Å². The van der Waals surface area contributed by atoms with E-state index in [4.69, 9.17) is 5.11 Å². The van der Waals surface area contributed by atoms with Gasteiger partial charge in [-0.2, -0.15) is 0 Å². The number of aromatic hydroxyl groups is 1. The van der Waals surface area contributed by atoms with Crippen LogP contribution in [-0.2, 0) is 12.8 Å². The maximum atomic E-state index is 11.1. The van der Waals surface area contributed by atoms with Gasteiger partial charge in [-0.05, 0) is 47.2 Å². The van der Waals surface area contributed by atoms with Crippen LogP contribution in [0.15, 0.2) is 36.4 Å². The molecular formula is C15H12O3. The molecule has 0 spiro atoms. The number of hydrogen-bond acceptors (Lipinski definition) is 2. The van der Waals surface area contributed by atoms with E-state index in [1.54, 1.807) is 12.1 Å². The lowest BCUT2D eigenvalue weighted by molar-refractivity contribution is 0.0694. The second-order valence-electron chi connectivity index (χ2n) is 4.49. The quantitative estimate of drug-likeness (QED) is 0.805. The summed E-state index contributed by atoms with van der Waals surface area (Å²) in [6.45, 7) is 0. The molecule has 0 aromatic heterocycles. The summed E-state index contributed by atoms with van der Waals surface area (Å²) in [5.41, 5.74) is 4.20. The van der Waals surface area contributed by atoms with Crippen molar-refractivity contribution < 1.29 is 15.0 Å². The summed E-state index contributed by atoms with van der Waals surface area (Å²) < 4.78 is 0.